The summed E-state index contributed by atoms with van der Waals surface area (Å²) in [5, 5.41) is 7.38. The van der Waals surface area contributed by atoms with Crippen molar-refractivity contribution in [1.29, 1.82) is 0 Å². The van der Waals surface area contributed by atoms with Crippen LogP contribution in [0.5, 0.6) is 11.5 Å². The average molecular weight is 430 g/mol. The van der Waals surface area contributed by atoms with Gasteiger partial charge in [0.05, 0.1) is 12.2 Å². The summed E-state index contributed by atoms with van der Waals surface area (Å²) in [6, 6.07) is 14.5. The van der Waals surface area contributed by atoms with E-state index in [2.05, 4.69) is 15.4 Å². The van der Waals surface area contributed by atoms with Crippen LogP contribution in [0.25, 0.3) is 11.5 Å². The molecule has 4 aromatic rings. The molecule has 0 atom stereocenters. The van der Waals surface area contributed by atoms with Crippen LogP contribution in [-0.4, -0.2) is 27.5 Å². The number of nitrogens with zero attached hydrogens (tertiary/aromatic N) is 3. The highest BCUT2D eigenvalue weighted by Crippen LogP contribution is 2.32. The summed E-state index contributed by atoms with van der Waals surface area (Å²) in [5.41, 5.74) is 4.88. The summed E-state index contributed by atoms with van der Waals surface area (Å²) in [5.74, 6) is 2.28. The van der Waals surface area contributed by atoms with E-state index in [-0.39, 0.29) is 12.7 Å². The first-order chi connectivity index (χ1) is 15.5. The van der Waals surface area contributed by atoms with Gasteiger partial charge in [0, 0.05) is 22.5 Å². The molecular formula is C24H22N4O4. The fraction of sp³-hybridized carbons (Fsp3) is 0.208. The number of benzene rings is 2. The fourth-order valence-corrected chi connectivity index (χ4v) is 3.61. The van der Waals surface area contributed by atoms with Gasteiger partial charge in [-0.25, -0.2) is 4.98 Å². The van der Waals surface area contributed by atoms with E-state index in [1.807, 2.05) is 55.8 Å². The number of fused-ring (bicyclic) bond motifs is 1. The number of amides is 1. The maximum absolute atomic E-state index is 12.6. The van der Waals surface area contributed by atoms with Gasteiger partial charge in [-0.1, -0.05) is 0 Å². The number of aryl methyl sites for hydroxylation is 3. The smallest absolute Gasteiger partial charge is 0.255 e. The predicted octanol–water partition coefficient (Wildman–Crippen LogP) is 4.49. The summed E-state index contributed by atoms with van der Waals surface area (Å²) in [6.45, 7) is 6.62. The Hall–Kier alpha value is -4.07. The van der Waals surface area contributed by atoms with E-state index in [4.69, 9.17) is 13.9 Å². The molecule has 0 bridgehead atoms. The molecule has 0 aliphatic carbocycles. The maximum Gasteiger partial charge on any atom is 0.255 e. The van der Waals surface area contributed by atoms with Crippen molar-refractivity contribution in [2.24, 2.45) is 0 Å². The monoisotopic (exact) mass is 430 g/mol. The Balaban J connectivity index is 1.29. The number of aromatic nitrogens is 3. The van der Waals surface area contributed by atoms with E-state index >= 15 is 0 Å². The molecule has 0 spiro atoms. The van der Waals surface area contributed by atoms with Crippen LogP contribution in [0.4, 0.5) is 5.69 Å². The Morgan fingerprint density at radius 2 is 1.81 bits per heavy atom. The molecule has 1 N–H and O–H groups in total. The third-order valence-corrected chi connectivity index (χ3v) is 5.32. The number of ether oxygens (including phenoxy) is 2. The normalized spacial score (nSPS) is 12.2. The quantitative estimate of drug-likeness (QED) is 0.502. The number of carbonyl (C=O) groups is 1. The SMILES string of the molecule is Cc1cc(C)n(Cc2nc(-c3ccc(NC(=O)c4ccc5c(c4)OCO5)cc3)oc2C)n1. The van der Waals surface area contributed by atoms with Crippen molar-refractivity contribution in [3.63, 3.8) is 0 Å². The summed E-state index contributed by atoms with van der Waals surface area (Å²) < 4.78 is 18.4. The van der Waals surface area contributed by atoms with E-state index in [1.54, 1.807) is 18.2 Å². The Kier molecular flexibility index (Phi) is 4.89. The zero-order valence-electron chi connectivity index (χ0n) is 18.0. The summed E-state index contributed by atoms with van der Waals surface area (Å²) >= 11 is 0. The molecule has 1 amide bonds. The Labute approximate surface area is 184 Å². The molecule has 8 nitrogen and oxygen atoms in total. The van der Waals surface area contributed by atoms with Gasteiger partial charge in [-0.3, -0.25) is 9.48 Å². The average Bonchev–Trinajstić information content (AvgIpc) is 3.47. The van der Waals surface area contributed by atoms with Gasteiger partial charge in [0.15, 0.2) is 11.5 Å². The van der Waals surface area contributed by atoms with Crippen molar-refractivity contribution in [2.45, 2.75) is 27.3 Å². The molecule has 1 aliphatic heterocycles. The van der Waals surface area contributed by atoms with Crippen molar-refractivity contribution in [1.82, 2.24) is 14.8 Å². The summed E-state index contributed by atoms with van der Waals surface area (Å²) in [6.07, 6.45) is 0. The van der Waals surface area contributed by atoms with E-state index in [0.29, 0.717) is 35.2 Å². The van der Waals surface area contributed by atoms with Gasteiger partial charge in [-0.05, 0) is 69.3 Å². The summed E-state index contributed by atoms with van der Waals surface area (Å²) in [4.78, 5) is 17.2. The first kappa shape index (κ1) is 19.9. The molecule has 32 heavy (non-hydrogen) atoms. The van der Waals surface area contributed by atoms with E-state index in [9.17, 15) is 4.79 Å². The van der Waals surface area contributed by atoms with Crippen molar-refractivity contribution in [3.8, 4) is 23.0 Å². The Morgan fingerprint density at radius 1 is 1.03 bits per heavy atom. The third kappa shape index (κ3) is 3.82. The molecule has 0 saturated carbocycles. The minimum Gasteiger partial charge on any atom is -0.454 e. The van der Waals surface area contributed by atoms with E-state index in [0.717, 1.165) is 28.4 Å². The first-order valence-electron chi connectivity index (χ1n) is 10.2. The highest BCUT2D eigenvalue weighted by atomic mass is 16.7. The number of carbonyl (C=O) groups excluding carboxylic acids is 1. The standard InChI is InChI=1S/C24H22N4O4/c1-14-10-15(2)28(27-14)12-20-16(3)32-24(26-20)17-4-7-19(8-5-17)25-23(29)18-6-9-21-22(11-18)31-13-30-21/h4-11H,12-13H2,1-3H3,(H,25,29). The van der Waals surface area contributed by atoms with Gasteiger partial charge in [0.1, 0.15) is 11.5 Å². The lowest BCUT2D eigenvalue weighted by Crippen LogP contribution is -2.11. The van der Waals surface area contributed by atoms with Gasteiger partial charge < -0.3 is 19.2 Å². The van der Waals surface area contributed by atoms with Crippen LogP contribution in [0, 0.1) is 20.8 Å². The van der Waals surface area contributed by atoms with Crippen LogP contribution in [-0.2, 0) is 6.54 Å². The second-order valence-corrected chi connectivity index (χ2v) is 7.71. The molecule has 0 unspecified atom stereocenters. The van der Waals surface area contributed by atoms with Crippen molar-refractivity contribution in [2.75, 3.05) is 12.1 Å². The molecule has 2 aromatic heterocycles. The largest absolute Gasteiger partial charge is 0.454 e. The van der Waals surface area contributed by atoms with Crippen LogP contribution >= 0.6 is 0 Å². The number of hydrogen-bond acceptors (Lipinski definition) is 6. The van der Waals surface area contributed by atoms with Crippen LogP contribution < -0.4 is 14.8 Å². The van der Waals surface area contributed by atoms with Crippen LogP contribution in [0.3, 0.4) is 0 Å². The molecule has 8 heteroatoms. The van der Waals surface area contributed by atoms with Gasteiger partial charge in [-0.15, -0.1) is 0 Å². The molecule has 1 aliphatic rings. The van der Waals surface area contributed by atoms with Crippen molar-refractivity contribution in [3.05, 3.63) is 76.9 Å². The first-order valence-corrected chi connectivity index (χ1v) is 10.2. The minimum absolute atomic E-state index is 0.172. The fourth-order valence-electron chi connectivity index (χ4n) is 3.61. The van der Waals surface area contributed by atoms with E-state index < -0.39 is 0 Å². The second kappa shape index (κ2) is 7.88. The lowest BCUT2D eigenvalue weighted by atomic mass is 10.1. The predicted molar refractivity (Wildman–Crippen MR) is 118 cm³/mol. The minimum atomic E-state index is -0.227. The number of nitrogens with one attached hydrogen (secondary N) is 1. The molecule has 162 valence electrons. The lowest BCUT2D eigenvalue weighted by Gasteiger charge is -2.06. The Bertz CT molecular complexity index is 1300. The van der Waals surface area contributed by atoms with Gasteiger partial charge in [-0.2, -0.15) is 5.10 Å². The molecule has 2 aromatic carbocycles. The number of hydrogen-bond donors (Lipinski definition) is 1. The highest BCUT2D eigenvalue weighted by molar-refractivity contribution is 6.04. The van der Waals surface area contributed by atoms with Gasteiger partial charge in [0.25, 0.3) is 5.91 Å². The molecular weight excluding hydrogens is 408 g/mol. The summed E-state index contributed by atoms with van der Waals surface area (Å²) in [7, 11) is 0. The second-order valence-electron chi connectivity index (χ2n) is 7.71. The molecule has 3 heterocycles. The Morgan fingerprint density at radius 3 is 2.56 bits per heavy atom. The molecule has 0 fully saturated rings. The van der Waals surface area contributed by atoms with Crippen LogP contribution in [0.1, 0.15) is 33.2 Å². The topological polar surface area (TPSA) is 91.4 Å². The molecule has 5 rings (SSSR count). The molecule has 0 saturated heterocycles. The van der Waals surface area contributed by atoms with Gasteiger partial charge in [0.2, 0.25) is 12.7 Å². The van der Waals surface area contributed by atoms with E-state index in [1.165, 1.54) is 0 Å². The molecule has 0 radical (unpaired) electrons. The maximum atomic E-state index is 12.6. The lowest BCUT2D eigenvalue weighted by molar-refractivity contribution is 0.102. The van der Waals surface area contributed by atoms with Crippen molar-refractivity contribution >= 4 is 11.6 Å². The zero-order chi connectivity index (χ0) is 22.2. The zero-order valence-corrected chi connectivity index (χ0v) is 18.0. The van der Waals surface area contributed by atoms with Gasteiger partial charge >= 0.3 is 0 Å². The van der Waals surface area contributed by atoms with Crippen LogP contribution in [0.15, 0.2) is 52.9 Å². The number of anilines is 1. The highest BCUT2D eigenvalue weighted by Gasteiger charge is 2.17. The van der Waals surface area contributed by atoms with Crippen molar-refractivity contribution < 1.29 is 18.7 Å². The number of rotatable bonds is 5. The third-order valence-electron chi connectivity index (χ3n) is 5.32. The van der Waals surface area contributed by atoms with Crippen LogP contribution in [0.2, 0.25) is 0 Å². The number of oxazole rings is 1.